The molecule has 0 aliphatic heterocycles. The summed E-state index contributed by atoms with van der Waals surface area (Å²) in [5, 5.41) is 2.32. The van der Waals surface area contributed by atoms with Crippen LogP contribution in [0.3, 0.4) is 0 Å². The smallest absolute Gasteiger partial charge is 0.139 e. The van der Waals surface area contributed by atoms with E-state index in [4.69, 9.17) is 0 Å². The number of hydrogen-bond donors (Lipinski definition) is 0. The van der Waals surface area contributed by atoms with Gasteiger partial charge in [0.05, 0.1) is 10.8 Å². The van der Waals surface area contributed by atoms with E-state index in [1.165, 1.54) is 5.46 Å². The maximum Gasteiger partial charge on any atom is 0.139 e. The van der Waals surface area contributed by atoms with Crippen LogP contribution in [-0.2, 0) is 0 Å². The summed E-state index contributed by atoms with van der Waals surface area (Å²) in [6, 6.07) is 7.81. The fourth-order valence-corrected chi connectivity index (χ4v) is 0.856. The second-order valence-corrected chi connectivity index (χ2v) is 2.22. The molecule has 0 heterocycles. The van der Waals surface area contributed by atoms with Gasteiger partial charge in [0, 0.05) is 0 Å². The highest BCUT2D eigenvalue weighted by Crippen LogP contribution is 2.05. The minimum absolute atomic E-state index is 0.870. The third-order valence-electron chi connectivity index (χ3n) is 1.18. The zero-order valence-electron chi connectivity index (χ0n) is 5.66. The highest BCUT2D eigenvalue weighted by atomic mass is 32.1. The topological polar surface area (TPSA) is 12.4 Å². The zero-order valence-corrected chi connectivity index (χ0v) is 6.48. The lowest BCUT2D eigenvalue weighted by atomic mass is 9.96. The van der Waals surface area contributed by atoms with E-state index >= 15 is 0 Å². The highest BCUT2D eigenvalue weighted by Gasteiger charge is 1.85. The average molecular weight is 147 g/mol. The molecule has 1 aromatic carbocycles. The van der Waals surface area contributed by atoms with Crippen LogP contribution in [0, 0.1) is 0 Å². The predicted molar refractivity (Wildman–Crippen MR) is 49.3 cm³/mol. The third kappa shape index (κ3) is 1.80. The molecule has 1 aromatic rings. The van der Waals surface area contributed by atoms with E-state index in [0.717, 1.165) is 5.69 Å². The molecule has 0 saturated carbocycles. The molecule has 1 nitrogen and oxygen atoms in total. The quantitative estimate of drug-likeness (QED) is 0.323. The fourth-order valence-electron chi connectivity index (χ4n) is 0.750. The summed E-state index contributed by atoms with van der Waals surface area (Å²) >= 11 is 4.46. The Bertz CT molecular complexity index is 279. The number of isothiocyanates is 1. The molecule has 0 amide bonds. The predicted octanol–water partition coefficient (Wildman–Crippen LogP) is 0.679. The van der Waals surface area contributed by atoms with E-state index in [-0.39, 0.29) is 0 Å². The van der Waals surface area contributed by atoms with Crippen molar-refractivity contribution in [3.8, 4) is 0 Å². The molecule has 0 aliphatic rings. The Morgan fingerprint density at radius 2 is 2.30 bits per heavy atom. The summed E-state index contributed by atoms with van der Waals surface area (Å²) in [5.41, 5.74) is 2.06. The number of nitrogens with zero attached hydrogens (tertiary/aromatic N) is 1. The van der Waals surface area contributed by atoms with Crippen molar-refractivity contribution >= 4 is 36.4 Å². The molecule has 0 unspecified atom stereocenters. The van der Waals surface area contributed by atoms with Crippen molar-refractivity contribution in [1.29, 1.82) is 0 Å². The van der Waals surface area contributed by atoms with Crippen molar-refractivity contribution in [3.05, 3.63) is 24.3 Å². The maximum absolute atomic E-state index is 4.46. The zero-order chi connectivity index (χ0) is 7.40. The van der Waals surface area contributed by atoms with Crippen molar-refractivity contribution in [2.75, 3.05) is 0 Å². The molecule has 0 aromatic heterocycles. The molecule has 0 saturated heterocycles. The van der Waals surface area contributed by atoms with Crippen molar-refractivity contribution in [2.45, 2.75) is 0 Å². The first kappa shape index (κ1) is 7.20. The third-order valence-corrected chi connectivity index (χ3v) is 1.27. The lowest BCUT2D eigenvalue weighted by Gasteiger charge is -1.91. The van der Waals surface area contributed by atoms with Gasteiger partial charge < -0.3 is 0 Å². The second-order valence-electron chi connectivity index (χ2n) is 2.04. The van der Waals surface area contributed by atoms with E-state index in [9.17, 15) is 0 Å². The molecule has 0 aliphatic carbocycles. The van der Waals surface area contributed by atoms with Crippen LogP contribution < -0.4 is 5.46 Å². The molecule has 0 fully saturated rings. The van der Waals surface area contributed by atoms with Crippen LogP contribution in [0.1, 0.15) is 0 Å². The van der Waals surface area contributed by atoms with Gasteiger partial charge in [-0.15, -0.1) is 0 Å². The molecule has 0 spiro atoms. The molecule has 1 rings (SSSR count). The monoisotopic (exact) mass is 147 g/mol. The minimum atomic E-state index is 0.870. The molecule has 0 bridgehead atoms. The van der Waals surface area contributed by atoms with Gasteiger partial charge in [-0.3, -0.25) is 0 Å². The first-order valence-electron chi connectivity index (χ1n) is 2.97. The molecule has 3 heteroatoms. The normalized spacial score (nSPS) is 8.40. The van der Waals surface area contributed by atoms with Gasteiger partial charge in [0.15, 0.2) is 0 Å². The first-order chi connectivity index (χ1) is 4.83. The van der Waals surface area contributed by atoms with Crippen molar-refractivity contribution in [2.24, 2.45) is 4.99 Å². The number of thiocarbonyl (C=S) groups is 1. The maximum atomic E-state index is 4.46. The van der Waals surface area contributed by atoms with E-state index in [1.807, 2.05) is 32.1 Å². The summed E-state index contributed by atoms with van der Waals surface area (Å²) in [6.45, 7) is 0. The van der Waals surface area contributed by atoms with Crippen LogP contribution in [0.25, 0.3) is 0 Å². The van der Waals surface area contributed by atoms with E-state index in [1.54, 1.807) is 0 Å². The van der Waals surface area contributed by atoms with Gasteiger partial charge in [0.25, 0.3) is 0 Å². The van der Waals surface area contributed by atoms with E-state index in [0.29, 0.717) is 0 Å². The van der Waals surface area contributed by atoms with Gasteiger partial charge >= 0.3 is 0 Å². The van der Waals surface area contributed by atoms with Crippen LogP contribution in [-0.4, -0.2) is 13.0 Å². The lowest BCUT2D eigenvalue weighted by Crippen LogP contribution is -1.98. The van der Waals surface area contributed by atoms with Crippen LogP contribution in [0.2, 0.25) is 0 Å². The van der Waals surface area contributed by atoms with Gasteiger partial charge in [-0.25, -0.2) is 0 Å². The molecule has 0 N–H and O–H groups in total. The Morgan fingerprint density at radius 3 is 2.90 bits per heavy atom. The van der Waals surface area contributed by atoms with Crippen LogP contribution >= 0.6 is 12.2 Å². The highest BCUT2D eigenvalue weighted by molar-refractivity contribution is 7.78. The summed E-state index contributed by atoms with van der Waals surface area (Å²) < 4.78 is 0. The Kier molecular flexibility index (Phi) is 2.38. The average Bonchev–Trinajstić information content (AvgIpc) is 1.88. The summed E-state index contributed by atoms with van der Waals surface area (Å²) in [6.07, 6.45) is 0. The number of benzene rings is 1. The molecular formula is C7H6BNS. The van der Waals surface area contributed by atoms with Crippen LogP contribution in [0.5, 0.6) is 0 Å². The summed E-state index contributed by atoms with van der Waals surface area (Å²) in [7, 11) is 2.02. The largest absolute Gasteiger partial charge is 0.195 e. The standard InChI is InChI=1S/C7H6BNS/c8-6-2-1-3-7(4-6)9-5-10/h1-4H,8H2. The summed E-state index contributed by atoms with van der Waals surface area (Å²) in [4.78, 5) is 3.83. The first-order valence-corrected chi connectivity index (χ1v) is 3.38. The SMILES string of the molecule is Bc1cccc(N=C=S)c1. The summed E-state index contributed by atoms with van der Waals surface area (Å²) in [5.74, 6) is 0. The fraction of sp³-hybridized carbons (Fsp3) is 0. The van der Waals surface area contributed by atoms with Gasteiger partial charge in [-0.05, 0) is 24.4 Å². The molecule has 48 valence electrons. The minimum Gasteiger partial charge on any atom is -0.195 e. The Balaban J connectivity index is 3.06. The molecule has 10 heavy (non-hydrogen) atoms. The number of aliphatic imine (C=N–C) groups is 1. The van der Waals surface area contributed by atoms with Crippen LogP contribution in [0.4, 0.5) is 5.69 Å². The number of hydrogen-bond acceptors (Lipinski definition) is 2. The van der Waals surface area contributed by atoms with Crippen LogP contribution in [0.15, 0.2) is 29.3 Å². The second kappa shape index (κ2) is 3.30. The van der Waals surface area contributed by atoms with E-state index in [2.05, 4.69) is 22.4 Å². The Hall–Kier alpha value is -0.915. The van der Waals surface area contributed by atoms with Crippen molar-refractivity contribution in [3.63, 3.8) is 0 Å². The van der Waals surface area contributed by atoms with Crippen molar-refractivity contribution < 1.29 is 0 Å². The van der Waals surface area contributed by atoms with Gasteiger partial charge in [0.1, 0.15) is 7.85 Å². The Labute approximate surface area is 66.2 Å². The molecule has 0 atom stereocenters. The van der Waals surface area contributed by atoms with Gasteiger partial charge in [0.2, 0.25) is 0 Å². The Morgan fingerprint density at radius 1 is 1.50 bits per heavy atom. The van der Waals surface area contributed by atoms with Gasteiger partial charge in [-0.1, -0.05) is 17.6 Å². The number of rotatable bonds is 1. The molecular weight excluding hydrogens is 141 g/mol. The van der Waals surface area contributed by atoms with Crippen molar-refractivity contribution in [1.82, 2.24) is 0 Å². The van der Waals surface area contributed by atoms with E-state index < -0.39 is 0 Å². The lowest BCUT2D eigenvalue weighted by molar-refractivity contribution is 1.57. The molecule has 0 radical (unpaired) electrons. The van der Waals surface area contributed by atoms with Gasteiger partial charge in [-0.2, -0.15) is 4.99 Å².